The number of methoxy groups -OCH3 is 1. The molecule has 0 aromatic heterocycles. The Morgan fingerprint density at radius 3 is 2.53 bits per heavy atom. The fraction of sp³-hybridized carbons (Fsp3) is 0.720. The Balaban J connectivity index is 1.84. The molecule has 0 radical (unpaired) electrons. The minimum Gasteiger partial charge on any atom is -0.393 e. The average molecular weight is 417 g/mol. The number of ether oxygens (including phenoxy) is 1. The number of hydrogen-bond donors (Lipinski definition) is 2. The number of aliphatic hydroxyl groups is 1. The van der Waals surface area contributed by atoms with E-state index in [1.54, 1.807) is 0 Å². The van der Waals surface area contributed by atoms with E-state index >= 15 is 0 Å². The predicted molar refractivity (Wildman–Crippen MR) is 122 cm³/mol. The van der Waals surface area contributed by atoms with Crippen molar-refractivity contribution in [3.63, 3.8) is 0 Å². The smallest absolute Gasteiger partial charge is 0.144 e. The van der Waals surface area contributed by atoms with Crippen molar-refractivity contribution < 1.29 is 14.7 Å². The summed E-state index contributed by atoms with van der Waals surface area (Å²) in [6, 6.07) is 8.90. The van der Waals surface area contributed by atoms with Crippen molar-refractivity contribution in [1.29, 1.82) is 0 Å². The van der Waals surface area contributed by atoms with E-state index < -0.39 is 11.7 Å². The van der Waals surface area contributed by atoms with Gasteiger partial charge in [0, 0.05) is 31.2 Å². The summed E-state index contributed by atoms with van der Waals surface area (Å²) in [5.41, 5.74) is 2.96. The number of nitrogens with zero attached hydrogens (tertiary/aromatic N) is 1. The topological polar surface area (TPSA) is 63.1 Å². The lowest BCUT2D eigenvalue weighted by atomic mass is 9.79. The van der Waals surface area contributed by atoms with Crippen LogP contribution in [0, 0.1) is 0 Å². The molecule has 0 aliphatic heterocycles. The van der Waals surface area contributed by atoms with Crippen LogP contribution in [-0.4, -0.2) is 48.8 Å². The van der Waals surface area contributed by atoms with E-state index in [-0.39, 0.29) is 6.61 Å². The number of nitrogens with one attached hydrogen (secondary N) is 1. The molecule has 1 aromatic rings. The number of oxime groups is 1. The van der Waals surface area contributed by atoms with E-state index in [0.717, 1.165) is 30.5 Å². The third kappa shape index (κ3) is 5.43. The molecule has 168 valence electrons. The van der Waals surface area contributed by atoms with Crippen molar-refractivity contribution >= 4 is 5.71 Å². The van der Waals surface area contributed by atoms with Crippen molar-refractivity contribution in [1.82, 2.24) is 5.32 Å². The van der Waals surface area contributed by atoms with Crippen molar-refractivity contribution in [3.8, 4) is 0 Å². The minimum atomic E-state index is -0.588. The van der Waals surface area contributed by atoms with Crippen molar-refractivity contribution in [2.75, 3.05) is 20.3 Å². The number of aliphatic hydroxyl groups excluding tert-OH is 1. The Hall–Kier alpha value is -1.43. The summed E-state index contributed by atoms with van der Waals surface area (Å²) in [5, 5.41) is 18.1. The van der Waals surface area contributed by atoms with Gasteiger partial charge >= 0.3 is 0 Å². The molecule has 30 heavy (non-hydrogen) atoms. The molecule has 0 spiro atoms. The summed E-state index contributed by atoms with van der Waals surface area (Å²) in [6.45, 7) is 4.80. The largest absolute Gasteiger partial charge is 0.393 e. The molecule has 0 amide bonds. The van der Waals surface area contributed by atoms with Crippen LogP contribution >= 0.6 is 0 Å². The zero-order chi connectivity index (χ0) is 21.4. The fourth-order valence-electron chi connectivity index (χ4n) is 5.05. The van der Waals surface area contributed by atoms with Crippen LogP contribution in [0.25, 0.3) is 0 Å². The van der Waals surface area contributed by atoms with Crippen molar-refractivity contribution in [2.24, 2.45) is 5.16 Å². The van der Waals surface area contributed by atoms with Crippen molar-refractivity contribution in [3.05, 3.63) is 35.4 Å². The van der Waals surface area contributed by atoms with Crippen LogP contribution in [0.2, 0.25) is 0 Å². The van der Waals surface area contributed by atoms with Gasteiger partial charge in [-0.3, -0.25) is 0 Å². The van der Waals surface area contributed by atoms with Gasteiger partial charge in [0.05, 0.1) is 0 Å². The van der Waals surface area contributed by atoms with E-state index in [1.807, 2.05) is 7.11 Å². The molecule has 1 aromatic carbocycles. The van der Waals surface area contributed by atoms with E-state index in [4.69, 9.17) is 9.57 Å². The highest BCUT2D eigenvalue weighted by Crippen LogP contribution is 2.49. The fourth-order valence-corrected chi connectivity index (χ4v) is 5.05. The summed E-state index contributed by atoms with van der Waals surface area (Å²) in [6.07, 6.45) is 10.3. The number of fused-ring (bicyclic) bond motifs is 3. The number of hydrogen-bond acceptors (Lipinski definition) is 5. The van der Waals surface area contributed by atoms with Gasteiger partial charge in [0.1, 0.15) is 24.0 Å². The first-order valence-electron chi connectivity index (χ1n) is 11.8. The molecule has 2 aliphatic carbocycles. The average Bonchev–Trinajstić information content (AvgIpc) is 2.97. The highest BCUT2D eigenvalue weighted by molar-refractivity contribution is 6.11. The van der Waals surface area contributed by atoms with Gasteiger partial charge in [-0.05, 0) is 18.4 Å². The van der Waals surface area contributed by atoms with Crippen LogP contribution in [0.1, 0.15) is 88.7 Å². The normalized spacial score (nSPS) is 27.4. The second-order valence-corrected chi connectivity index (χ2v) is 9.20. The van der Waals surface area contributed by atoms with Gasteiger partial charge in [-0.25, -0.2) is 0 Å². The maximum absolute atomic E-state index is 10.2. The first kappa shape index (κ1) is 23.2. The second kappa shape index (κ2) is 11.3. The molecule has 3 rings (SSSR count). The van der Waals surface area contributed by atoms with Crippen LogP contribution < -0.4 is 5.32 Å². The summed E-state index contributed by atoms with van der Waals surface area (Å²) in [4.78, 5) is 5.72. The first-order valence-corrected chi connectivity index (χ1v) is 11.8. The van der Waals surface area contributed by atoms with Gasteiger partial charge in [-0.2, -0.15) is 0 Å². The molecule has 1 saturated carbocycles. The van der Waals surface area contributed by atoms with E-state index in [1.165, 1.54) is 44.1 Å². The van der Waals surface area contributed by atoms with Gasteiger partial charge in [-0.15, -0.1) is 0 Å². The Morgan fingerprint density at radius 1 is 1.10 bits per heavy atom. The highest BCUT2D eigenvalue weighted by atomic mass is 16.6. The van der Waals surface area contributed by atoms with Gasteiger partial charge in [-0.1, -0.05) is 88.2 Å². The quantitative estimate of drug-likeness (QED) is 0.628. The van der Waals surface area contributed by atoms with Gasteiger partial charge in [0.15, 0.2) is 0 Å². The van der Waals surface area contributed by atoms with Crippen LogP contribution in [0.5, 0.6) is 0 Å². The third-order valence-electron chi connectivity index (χ3n) is 6.64. The molecular weight excluding hydrogens is 376 g/mol. The maximum atomic E-state index is 10.2. The molecule has 0 saturated heterocycles. The lowest BCUT2D eigenvalue weighted by Crippen LogP contribution is -2.42. The Labute approximate surface area is 182 Å². The molecule has 2 aliphatic rings. The summed E-state index contributed by atoms with van der Waals surface area (Å²) < 4.78 is 6.32. The zero-order valence-electron chi connectivity index (χ0n) is 19.0. The predicted octanol–water partition coefficient (Wildman–Crippen LogP) is 4.77. The molecule has 3 atom stereocenters. The lowest BCUT2D eigenvalue weighted by molar-refractivity contribution is 0.00816. The van der Waals surface area contributed by atoms with Crippen LogP contribution in [0.15, 0.2) is 29.4 Å². The van der Waals surface area contributed by atoms with Crippen LogP contribution in [0.3, 0.4) is 0 Å². The second-order valence-electron chi connectivity index (χ2n) is 9.20. The molecular formula is C25H40N2O3. The lowest BCUT2D eigenvalue weighted by Gasteiger charge is -2.35. The van der Waals surface area contributed by atoms with Gasteiger partial charge < -0.3 is 20.0 Å². The van der Waals surface area contributed by atoms with E-state index in [2.05, 4.69) is 48.6 Å². The SMILES string of the molecule is COC12CCCCCCCCCC1c1ccccc1/C2=N/OCC(O)CNC(C)C. The molecule has 3 unspecified atom stereocenters. The van der Waals surface area contributed by atoms with E-state index in [0.29, 0.717) is 18.5 Å². The summed E-state index contributed by atoms with van der Waals surface area (Å²) >= 11 is 0. The molecule has 0 bridgehead atoms. The first-order chi connectivity index (χ1) is 14.6. The minimum absolute atomic E-state index is 0.176. The third-order valence-corrected chi connectivity index (χ3v) is 6.64. The molecule has 2 N–H and O–H groups in total. The maximum Gasteiger partial charge on any atom is 0.144 e. The zero-order valence-corrected chi connectivity index (χ0v) is 19.0. The summed E-state index contributed by atoms with van der Waals surface area (Å²) in [5.74, 6) is 0.312. The number of rotatable bonds is 7. The Kier molecular flexibility index (Phi) is 8.72. The Morgan fingerprint density at radius 2 is 1.80 bits per heavy atom. The van der Waals surface area contributed by atoms with Gasteiger partial charge in [0.2, 0.25) is 0 Å². The molecule has 1 fully saturated rings. The molecule has 5 nitrogen and oxygen atoms in total. The van der Waals surface area contributed by atoms with Crippen LogP contribution in [0.4, 0.5) is 0 Å². The van der Waals surface area contributed by atoms with Crippen LogP contribution in [-0.2, 0) is 9.57 Å². The Bertz CT molecular complexity index is 691. The standard InChI is InChI=1S/C25H40N2O3/c1-19(2)26-17-20(28)18-30-27-24-22-14-11-10-13-21(22)23-15-9-7-5-4-6-8-12-16-25(23,24)29-3/h10-11,13-14,19-20,23,26,28H,4-9,12,15-18H2,1-3H3/b27-24-. The van der Waals surface area contributed by atoms with Crippen molar-refractivity contribution in [2.45, 2.75) is 95.3 Å². The van der Waals surface area contributed by atoms with E-state index in [9.17, 15) is 5.11 Å². The molecule has 0 heterocycles. The summed E-state index contributed by atoms with van der Waals surface area (Å²) in [7, 11) is 1.83. The molecule has 5 heteroatoms. The monoisotopic (exact) mass is 416 g/mol. The number of benzene rings is 1. The highest BCUT2D eigenvalue weighted by Gasteiger charge is 2.51. The van der Waals surface area contributed by atoms with Gasteiger partial charge in [0.25, 0.3) is 0 Å².